The molecule has 4 nitrogen and oxygen atoms in total. The van der Waals surface area contributed by atoms with Gasteiger partial charge in [-0.05, 0) is 12.1 Å². The van der Waals surface area contributed by atoms with E-state index in [-0.39, 0.29) is 7.43 Å². The Labute approximate surface area is 116 Å². The van der Waals surface area contributed by atoms with Gasteiger partial charge < -0.3 is 0 Å². The molecule has 0 saturated carbocycles. The number of thiol groups is 2. The Morgan fingerprint density at radius 2 is 2.00 bits per heavy atom. The van der Waals surface area contributed by atoms with E-state index in [0.29, 0.717) is 5.78 Å². The van der Waals surface area contributed by atoms with Gasteiger partial charge in [0.15, 0.2) is 0 Å². The molecule has 0 radical (unpaired) electrons. The molecule has 18 heavy (non-hydrogen) atoms. The first kappa shape index (κ1) is 12.9. The Kier molecular flexibility index (Phi) is 3.58. The van der Waals surface area contributed by atoms with Gasteiger partial charge in [0.1, 0.15) is 0 Å². The lowest BCUT2D eigenvalue weighted by Crippen LogP contribution is -1.87. The molecular formula is C12H12N4S2. The van der Waals surface area contributed by atoms with Crippen molar-refractivity contribution in [3.63, 3.8) is 0 Å². The minimum atomic E-state index is 0. The van der Waals surface area contributed by atoms with Gasteiger partial charge in [0.05, 0.1) is 11.9 Å². The Morgan fingerprint density at radius 1 is 1.17 bits per heavy atom. The van der Waals surface area contributed by atoms with Crippen molar-refractivity contribution >= 4 is 31.0 Å². The van der Waals surface area contributed by atoms with Crippen molar-refractivity contribution in [2.45, 2.75) is 17.2 Å². The number of hydrogen-bond donors (Lipinski definition) is 2. The molecule has 2 heterocycles. The summed E-state index contributed by atoms with van der Waals surface area (Å²) in [6, 6.07) is 5.74. The highest BCUT2D eigenvalue weighted by Crippen LogP contribution is 2.27. The van der Waals surface area contributed by atoms with Gasteiger partial charge in [-0.25, -0.2) is 4.98 Å². The van der Waals surface area contributed by atoms with Crippen molar-refractivity contribution in [2.24, 2.45) is 0 Å². The second-order valence-corrected chi connectivity index (χ2v) is 4.55. The first-order chi connectivity index (χ1) is 8.24. The molecule has 0 aliphatic rings. The third kappa shape index (κ3) is 2.21. The van der Waals surface area contributed by atoms with E-state index in [9.17, 15) is 0 Å². The number of nitrogens with zero attached hydrogens (tertiary/aromatic N) is 4. The zero-order valence-corrected chi connectivity index (χ0v) is 10.4. The average molecular weight is 276 g/mol. The van der Waals surface area contributed by atoms with Crippen LogP contribution in [0.2, 0.25) is 0 Å². The molecule has 3 rings (SSSR count). The summed E-state index contributed by atoms with van der Waals surface area (Å²) in [5.74, 6) is 0.574. The van der Waals surface area contributed by atoms with Gasteiger partial charge in [-0.3, -0.25) is 4.40 Å². The fraction of sp³-hybridized carbons (Fsp3) is 0.0833. The molecule has 1 aromatic carbocycles. The standard InChI is InChI=1S/C11H8N4S2.CH4/c16-7-1-2-8(10(17)5-7)9-6-15-4-3-12-14-11(15)13-9;/h1-6,16-17H;1H4. The van der Waals surface area contributed by atoms with E-state index >= 15 is 0 Å². The lowest BCUT2D eigenvalue weighted by atomic mass is 10.2. The quantitative estimate of drug-likeness (QED) is 0.671. The first-order valence-corrected chi connectivity index (χ1v) is 5.82. The number of benzene rings is 1. The molecule has 0 saturated heterocycles. The van der Waals surface area contributed by atoms with Crippen LogP contribution in [0.4, 0.5) is 0 Å². The molecule has 0 aliphatic carbocycles. The third-order valence-electron chi connectivity index (χ3n) is 2.41. The van der Waals surface area contributed by atoms with E-state index < -0.39 is 0 Å². The number of imidazole rings is 1. The Bertz CT molecular complexity index is 660. The second-order valence-electron chi connectivity index (χ2n) is 3.55. The fourth-order valence-electron chi connectivity index (χ4n) is 1.62. The molecule has 0 atom stereocenters. The zero-order valence-electron chi connectivity index (χ0n) is 8.65. The van der Waals surface area contributed by atoms with Crippen LogP contribution in [0.15, 0.2) is 46.6 Å². The van der Waals surface area contributed by atoms with Crippen LogP contribution in [0.5, 0.6) is 0 Å². The van der Waals surface area contributed by atoms with Crippen molar-refractivity contribution in [3.8, 4) is 11.3 Å². The molecule has 0 unspecified atom stereocenters. The molecule has 6 heteroatoms. The number of hydrogen-bond acceptors (Lipinski definition) is 5. The molecular weight excluding hydrogens is 264 g/mol. The summed E-state index contributed by atoms with van der Waals surface area (Å²) in [5.41, 5.74) is 1.78. The van der Waals surface area contributed by atoms with Crippen LogP contribution in [-0.2, 0) is 0 Å². The monoisotopic (exact) mass is 276 g/mol. The fourth-order valence-corrected chi connectivity index (χ4v) is 2.25. The summed E-state index contributed by atoms with van der Waals surface area (Å²) >= 11 is 8.69. The van der Waals surface area contributed by atoms with Crippen LogP contribution in [0.25, 0.3) is 17.0 Å². The van der Waals surface area contributed by atoms with Crippen LogP contribution in [0.3, 0.4) is 0 Å². The van der Waals surface area contributed by atoms with Crippen molar-refractivity contribution in [1.82, 2.24) is 19.6 Å². The lowest BCUT2D eigenvalue weighted by Gasteiger charge is -2.01. The topological polar surface area (TPSA) is 43.1 Å². The summed E-state index contributed by atoms with van der Waals surface area (Å²) in [5, 5.41) is 7.73. The highest BCUT2D eigenvalue weighted by molar-refractivity contribution is 7.81. The minimum absolute atomic E-state index is 0. The van der Waals surface area contributed by atoms with Crippen LogP contribution < -0.4 is 0 Å². The largest absolute Gasteiger partial charge is 0.288 e. The van der Waals surface area contributed by atoms with Crippen molar-refractivity contribution in [1.29, 1.82) is 0 Å². The SMILES string of the molecule is C.Sc1ccc(-c2cn3ccnnc3n2)c(S)c1. The van der Waals surface area contributed by atoms with Crippen molar-refractivity contribution in [3.05, 3.63) is 36.8 Å². The van der Waals surface area contributed by atoms with E-state index in [1.807, 2.05) is 35.0 Å². The average Bonchev–Trinajstić information content (AvgIpc) is 2.72. The Hall–Kier alpha value is -1.53. The van der Waals surface area contributed by atoms with Gasteiger partial charge in [-0.1, -0.05) is 13.5 Å². The summed E-state index contributed by atoms with van der Waals surface area (Å²) in [4.78, 5) is 6.11. The third-order valence-corrected chi connectivity index (χ3v) is 3.06. The summed E-state index contributed by atoms with van der Waals surface area (Å²) in [6.07, 6.45) is 5.33. The van der Waals surface area contributed by atoms with Gasteiger partial charge >= 0.3 is 0 Å². The van der Waals surface area contributed by atoms with Gasteiger partial charge in [-0.15, -0.1) is 30.4 Å². The molecule has 0 fully saturated rings. The first-order valence-electron chi connectivity index (χ1n) is 4.93. The summed E-state index contributed by atoms with van der Waals surface area (Å²) < 4.78 is 1.82. The highest BCUT2D eigenvalue weighted by Gasteiger charge is 2.08. The van der Waals surface area contributed by atoms with Crippen molar-refractivity contribution in [2.75, 3.05) is 0 Å². The van der Waals surface area contributed by atoms with Gasteiger partial charge in [-0.2, -0.15) is 5.10 Å². The normalized spacial score (nSPS) is 10.3. The maximum Gasteiger partial charge on any atom is 0.254 e. The Balaban J connectivity index is 0.00000120. The summed E-state index contributed by atoms with van der Waals surface area (Å²) in [6.45, 7) is 0. The van der Waals surface area contributed by atoms with E-state index in [0.717, 1.165) is 21.0 Å². The van der Waals surface area contributed by atoms with Gasteiger partial charge in [0, 0.05) is 27.7 Å². The van der Waals surface area contributed by atoms with Crippen LogP contribution in [0.1, 0.15) is 7.43 Å². The molecule has 92 valence electrons. The van der Waals surface area contributed by atoms with Crippen LogP contribution in [0, 0.1) is 0 Å². The number of fused-ring (bicyclic) bond motifs is 1. The smallest absolute Gasteiger partial charge is 0.254 e. The van der Waals surface area contributed by atoms with Gasteiger partial charge in [0.25, 0.3) is 5.78 Å². The van der Waals surface area contributed by atoms with E-state index in [2.05, 4.69) is 40.4 Å². The highest BCUT2D eigenvalue weighted by atomic mass is 32.1. The maximum absolute atomic E-state index is 4.43. The van der Waals surface area contributed by atoms with Gasteiger partial charge in [0.2, 0.25) is 0 Å². The van der Waals surface area contributed by atoms with Crippen LogP contribution >= 0.6 is 25.3 Å². The molecule has 3 aromatic rings. The maximum atomic E-state index is 4.43. The predicted molar refractivity (Wildman–Crippen MR) is 77.5 cm³/mol. The number of rotatable bonds is 1. The van der Waals surface area contributed by atoms with Crippen LogP contribution in [-0.4, -0.2) is 19.6 Å². The molecule has 0 spiro atoms. The van der Waals surface area contributed by atoms with E-state index in [4.69, 9.17) is 0 Å². The molecule has 0 aliphatic heterocycles. The Morgan fingerprint density at radius 3 is 2.72 bits per heavy atom. The predicted octanol–water partition coefficient (Wildman–Crippen LogP) is 3.00. The van der Waals surface area contributed by atoms with E-state index in [1.54, 1.807) is 6.20 Å². The summed E-state index contributed by atoms with van der Waals surface area (Å²) in [7, 11) is 0. The molecule has 0 bridgehead atoms. The second kappa shape index (κ2) is 4.99. The van der Waals surface area contributed by atoms with E-state index in [1.165, 1.54) is 0 Å². The zero-order chi connectivity index (χ0) is 11.8. The lowest BCUT2D eigenvalue weighted by molar-refractivity contribution is 0.966. The molecule has 2 aromatic heterocycles. The van der Waals surface area contributed by atoms with Crippen molar-refractivity contribution < 1.29 is 0 Å². The number of aromatic nitrogens is 4. The molecule has 0 N–H and O–H groups in total. The molecule has 0 amide bonds. The minimum Gasteiger partial charge on any atom is -0.288 e.